The fourth-order valence-corrected chi connectivity index (χ4v) is 2.79. The van der Waals surface area contributed by atoms with Crippen molar-refractivity contribution in [2.24, 2.45) is 0 Å². The molecular formula is C12H19ClN6S. The lowest BCUT2D eigenvalue weighted by Gasteiger charge is -2.13. The third-order valence-corrected chi connectivity index (χ3v) is 4.26. The Morgan fingerprint density at radius 2 is 2.30 bits per heavy atom. The van der Waals surface area contributed by atoms with Crippen LogP contribution in [0.2, 0.25) is 0 Å². The number of nitrogens with one attached hydrogen (secondary N) is 2. The highest BCUT2D eigenvalue weighted by Crippen LogP contribution is 2.22. The molecule has 2 N–H and O–H groups in total. The smallest absolute Gasteiger partial charge is 0.206 e. The zero-order valence-corrected chi connectivity index (χ0v) is 13.2. The minimum atomic E-state index is 0. The second-order valence-corrected chi connectivity index (χ2v) is 5.99. The summed E-state index contributed by atoms with van der Waals surface area (Å²) < 4.78 is 2.08. The van der Waals surface area contributed by atoms with Crippen LogP contribution < -0.4 is 10.6 Å². The molecule has 3 heterocycles. The van der Waals surface area contributed by atoms with E-state index in [4.69, 9.17) is 0 Å². The van der Waals surface area contributed by atoms with Crippen molar-refractivity contribution in [3.8, 4) is 0 Å². The second-order valence-electron chi connectivity index (χ2n) is 4.98. The predicted molar refractivity (Wildman–Crippen MR) is 82.5 cm³/mol. The van der Waals surface area contributed by atoms with Crippen LogP contribution in [0.15, 0.2) is 6.07 Å². The maximum absolute atomic E-state index is 4.58. The Morgan fingerprint density at radius 3 is 3.00 bits per heavy atom. The van der Waals surface area contributed by atoms with Crippen LogP contribution in [0.4, 0.5) is 5.13 Å². The third-order valence-electron chi connectivity index (χ3n) is 3.08. The average molecular weight is 315 g/mol. The number of fused-ring (bicyclic) bond motifs is 1. The topological polar surface area (TPSA) is 67.7 Å². The van der Waals surface area contributed by atoms with Gasteiger partial charge in [0.2, 0.25) is 5.13 Å². The molecule has 0 saturated heterocycles. The van der Waals surface area contributed by atoms with Crippen molar-refractivity contribution in [2.45, 2.75) is 39.4 Å². The molecule has 2 aromatic rings. The lowest BCUT2D eigenvalue weighted by atomic mass is 10.2. The molecule has 0 atom stereocenters. The highest BCUT2D eigenvalue weighted by atomic mass is 35.5. The number of aromatic nitrogens is 4. The van der Waals surface area contributed by atoms with Gasteiger partial charge in [-0.3, -0.25) is 4.68 Å². The number of anilines is 1. The summed E-state index contributed by atoms with van der Waals surface area (Å²) in [5.74, 6) is 0.430. The SMILES string of the molecule is CC(C)c1nnc(NCc2cc3n(n2)CCNC3)s1.Cl. The van der Waals surface area contributed by atoms with E-state index in [0.717, 1.165) is 35.5 Å². The van der Waals surface area contributed by atoms with Crippen LogP contribution in [0.1, 0.15) is 36.2 Å². The maximum Gasteiger partial charge on any atom is 0.206 e. The van der Waals surface area contributed by atoms with Gasteiger partial charge in [0.15, 0.2) is 0 Å². The monoisotopic (exact) mass is 314 g/mol. The zero-order valence-electron chi connectivity index (χ0n) is 11.6. The van der Waals surface area contributed by atoms with E-state index < -0.39 is 0 Å². The van der Waals surface area contributed by atoms with Gasteiger partial charge in [-0.05, 0) is 6.07 Å². The molecule has 3 rings (SSSR count). The van der Waals surface area contributed by atoms with Gasteiger partial charge in [0.25, 0.3) is 0 Å². The van der Waals surface area contributed by atoms with Crippen molar-refractivity contribution in [1.29, 1.82) is 0 Å². The van der Waals surface area contributed by atoms with Gasteiger partial charge in [0.1, 0.15) is 5.01 Å². The van der Waals surface area contributed by atoms with E-state index in [1.54, 1.807) is 11.3 Å². The van der Waals surface area contributed by atoms with Crippen LogP contribution in [-0.4, -0.2) is 26.5 Å². The van der Waals surface area contributed by atoms with Crippen molar-refractivity contribution in [1.82, 2.24) is 25.3 Å². The number of halogens is 1. The molecule has 110 valence electrons. The van der Waals surface area contributed by atoms with Gasteiger partial charge in [-0.1, -0.05) is 25.2 Å². The summed E-state index contributed by atoms with van der Waals surface area (Å²) in [7, 11) is 0. The van der Waals surface area contributed by atoms with E-state index >= 15 is 0 Å². The molecule has 2 aromatic heterocycles. The Labute approximate surface area is 128 Å². The summed E-state index contributed by atoms with van der Waals surface area (Å²) >= 11 is 1.61. The first-order valence-electron chi connectivity index (χ1n) is 6.56. The maximum atomic E-state index is 4.58. The Bertz CT molecular complexity index is 541. The number of hydrogen-bond donors (Lipinski definition) is 2. The molecular weight excluding hydrogens is 296 g/mol. The molecule has 8 heteroatoms. The van der Waals surface area contributed by atoms with Crippen molar-refractivity contribution >= 4 is 28.9 Å². The van der Waals surface area contributed by atoms with E-state index in [2.05, 4.69) is 50.5 Å². The van der Waals surface area contributed by atoms with Crippen molar-refractivity contribution < 1.29 is 0 Å². The van der Waals surface area contributed by atoms with E-state index in [1.165, 1.54) is 5.69 Å². The van der Waals surface area contributed by atoms with Crippen molar-refractivity contribution in [2.75, 3.05) is 11.9 Å². The first-order chi connectivity index (χ1) is 9.22. The van der Waals surface area contributed by atoms with Gasteiger partial charge in [-0.25, -0.2) is 0 Å². The van der Waals surface area contributed by atoms with Gasteiger partial charge in [0.05, 0.1) is 24.5 Å². The van der Waals surface area contributed by atoms with Crippen molar-refractivity contribution in [3.05, 3.63) is 22.5 Å². The second kappa shape index (κ2) is 6.51. The molecule has 0 aromatic carbocycles. The fourth-order valence-electron chi connectivity index (χ4n) is 2.04. The normalized spacial score (nSPS) is 13.9. The highest BCUT2D eigenvalue weighted by Gasteiger charge is 2.12. The quantitative estimate of drug-likeness (QED) is 0.903. The summed E-state index contributed by atoms with van der Waals surface area (Å²) in [6, 6.07) is 2.14. The van der Waals surface area contributed by atoms with Gasteiger partial charge in [0, 0.05) is 19.0 Å². The van der Waals surface area contributed by atoms with Crippen LogP contribution >= 0.6 is 23.7 Å². The molecule has 0 radical (unpaired) electrons. The summed E-state index contributed by atoms with van der Waals surface area (Å²) in [5, 5.41) is 21.5. The molecule has 1 aliphatic rings. The molecule has 0 bridgehead atoms. The van der Waals surface area contributed by atoms with Gasteiger partial charge < -0.3 is 10.6 Å². The summed E-state index contributed by atoms with van der Waals surface area (Å²) in [6.07, 6.45) is 0. The number of hydrogen-bond acceptors (Lipinski definition) is 6. The minimum Gasteiger partial charge on any atom is -0.354 e. The lowest BCUT2D eigenvalue weighted by molar-refractivity contribution is 0.473. The molecule has 6 nitrogen and oxygen atoms in total. The predicted octanol–water partition coefficient (Wildman–Crippen LogP) is 2.00. The van der Waals surface area contributed by atoms with Gasteiger partial charge in [-0.15, -0.1) is 22.6 Å². The summed E-state index contributed by atoms with van der Waals surface area (Å²) in [5.41, 5.74) is 2.31. The molecule has 0 aliphatic carbocycles. The fraction of sp³-hybridized carbons (Fsp3) is 0.583. The van der Waals surface area contributed by atoms with Gasteiger partial charge >= 0.3 is 0 Å². The number of nitrogens with zero attached hydrogens (tertiary/aromatic N) is 4. The largest absolute Gasteiger partial charge is 0.354 e. The highest BCUT2D eigenvalue weighted by molar-refractivity contribution is 7.15. The Morgan fingerprint density at radius 1 is 1.45 bits per heavy atom. The Hall–Kier alpha value is -1.18. The van der Waals surface area contributed by atoms with Gasteiger partial charge in [-0.2, -0.15) is 5.10 Å². The molecule has 0 spiro atoms. The minimum absolute atomic E-state index is 0. The van der Waals surface area contributed by atoms with E-state index in [-0.39, 0.29) is 12.4 Å². The Balaban J connectivity index is 0.00000147. The van der Waals surface area contributed by atoms with Crippen LogP contribution in [0.5, 0.6) is 0 Å². The van der Waals surface area contributed by atoms with Crippen LogP contribution in [0.25, 0.3) is 0 Å². The first kappa shape index (κ1) is 15.2. The molecule has 1 aliphatic heterocycles. The zero-order chi connectivity index (χ0) is 13.2. The summed E-state index contributed by atoms with van der Waals surface area (Å²) in [6.45, 7) is 7.80. The average Bonchev–Trinajstić information content (AvgIpc) is 3.02. The molecule has 0 unspecified atom stereocenters. The lowest BCUT2D eigenvalue weighted by Crippen LogP contribution is -2.28. The van der Waals surface area contributed by atoms with E-state index in [9.17, 15) is 0 Å². The van der Waals surface area contributed by atoms with E-state index in [0.29, 0.717) is 12.5 Å². The van der Waals surface area contributed by atoms with Crippen LogP contribution in [-0.2, 0) is 19.6 Å². The van der Waals surface area contributed by atoms with Crippen LogP contribution in [0, 0.1) is 0 Å². The third kappa shape index (κ3) is 3.28. The number of rotatable bonds is 4. The molecule has 0 saturated carbocycles. The van der Waals surface area contributed by atoms with E-state index in [1.807, 2.05) is 0 Å². The Kier molecular flexibility index (Phi) is 4.95. The first-order valence-corrected chi connectivity index (χ1v) is 7.37. The summed E-state index contributed by atoms with van der Waals surface area (Å²) in [4.78, 5) is 0. The molecule has 0 amide bonds. The van der Waals surface area contributed by atoms with Crippen molar-refractivity contribution in [3.63, 3.8) is 0 Å². The van der Waals surface area contributed by atoms with Crippen LogP contribution in [0.3, 0.4) is 0 Å². The standard InChI is InChI=1S/C12H18N6S.ClH/c1-8(2)11-15-16-12(19-11)14-6-9-5-10-7-13-3-4-18(10)17-9;/h5,8,13H,3-4,6-7H2,1-2H3,(H,14,16);1H. The molecule has 20 heavy (non-hydrogen) atoms. The molecule has 0 fully saturated rings.